The van der Waals surface area contributed by atoms with Crippen molar-refractivity contribution in [3.05, 3.63) is 235 Å². The Hall–Kier alpha value is -8.15. The summed E-state index contributed by atoms with van der Waals surface area (Å²) < 4.78 is 6.93. The Morgan fingerprint density at radius 3 is 1.86 bits per heavy atom. The van der Waals surface area contributed by atoms with Crippen LogP contribution in [0.3, 0.4) is 0 Å². The van der Waals surface area contributed by atoms with Gasteiger partial charge < -0.3 is 19.1 Å². The number of hydrogen-bond acceptors (Lipinski definition) is 5. The molecule has 0 N–H and O–H groups in total. The molecule has 1 aliphatic carbocycles. The quantitative estimate of drug-likeness (QED) is 0.167. The Labute approximate surface area is 366 Å². The number of anilines is 9. The fourth-order valence-electron chi connectivity index (χ4n) is 10.1. The van der Waals surface area contributed by atoms with Gasteiger partial charge >= 0.3 is 0 Å². The summed E-state index contributed by atoms with van der Waals surface area (Å²) in [5.74, 6) is 0.0703. The minimum atomic E-state index is -0.410. The molecule has 0 atom stereocenters. The summed E-state index contributed by atoms with van der Waals surface area (Å²) in [7, 11) is 0. The van der Waals surface area contributed by atoms with Crippen molar-refractivity contribution >= 4 is 78.9 Å². The molecule has 63 heavy (non-hydrogen) atoms. The maximum atomic E-state index is 14.1. The first-order valence-corrected chi connectivity index (χ1v) is 21.5. The SMILES string of the molecule is CC1(C)c2ccccc2C(=O)c2cccc(-c3cccc(N4c5ccc(N(c6ccccc6)c6ccccc6)cc5N(c5ccccc5)c5ccc6c(oc7ccccc76)c54)c3)c21. The van der Waals surface area contributed by atoms with Gasteiger partial charge in [0.25, 0.3) is 0 Å². The predicted molar refractivity (Wildman–Crippen MR) is 259 cm³/mol. The Kier molecular flexibility index (Phi) is 8.28. The molecule has 10 aromatic rings. The average Bonchev–Trinajstić information content (AvgIpc) is 3.72. The van der Waals surface area contributed by atoms with Gasteiger partial charge in [0.1, 0.15) is 11.3 Å². The second-order valence-corrected chi connectivity index (χ2v) is 16.9. The number of rotatable bonds is 6. The first kappa shape index (κ1) is 36.7. The van der Waals surface area contributed by atoms with Crippen molar-refractivity contribution in [3.8, 4) is 11.1 Å². The molecular weight excluding hydrogens is 771 g/mol. The zero-order chi connectivity index (χ0) is 42.2. The Morgan fingerprint density at radius 1 is 0.460 bits per heavy atom. The van der Waals surface area contributed by atoms with Crippen LogP contribution in [0.1, 0.15) is 40.9 Å². The minimum Gasteiger partial charge on any atom is -0.454 e. The van der Waals surface area contributed by atoms with Crippen LogP contribution in [0.2, 0.25) is 0 Å². The highest BCUT2D eigenvalue weighted by Gasteiger charge is 2.39. The molecule has 0 saturated carbocycles. The van der Waals surface area contributed by atoms with E-state index in [-0.39, 0.29) is 5.78 Å². The van der Waals surface area contributed by atoms with E-state index in [4.69, 9.17) is 4.42 Å². The number of carbonyl (C=O) groups is 1. The number of nitrogens with zero attached hydrogens (tertiary/aromatic N) is 3. The standard InChI is InChI=1S/C58H41N3O2/c1-58(2)49-30-14-12-27-47(49)56(62)48-29-17-28-44(54(48)58)38-18-16-25-42(36-38)61-50-34-32-43(59(39-19-6-3-7-20-39)40-21-8-4-9-22-40)37-52(50)60(41-23-10-5-11-24-41)51-35-33-46-45-26-13-15-31-53(45)63-57(46)55(51)61/h3-37H,1-2H3. The second kappa shape index (κ2) is 14.2. The van der Waals surface area contributed by atoms with Crippen LogP contribution in [0.4, 0.5) is 51.2 Å². The summed E-state index contributed by atoms with van der Waals surface area (Å²) >= 11 is 0. The van der Waals surface area contributed by atoms with Crippen LogP contribution in [-0.2, 0) is 5.41 Å². The van der Waals surface area contributed by atoms with Crippen LogP contribution in [0.25, 0.3) is 33.1 Å². The molecule has 1 aromatic heterocycles. The van der Waals surface area contributed by atoms with E-state index in [0.717, 1.165) is 107 Å². The zero-order valence-corrected chi connectivity index (χ0v) is 34.9. The van der Waals surface area contributed by atoms with Gasteiger partial charge in [0.05, 0.1) is 17.1 Å². The summed E-state index contributed by atoms with van der Waals surface area (Å²) in [5.41, 5.74) is 16.1. The molecule has 0 unspecified atom stereocenters. The second-order valence-electron chi connectivity index (χ2n) is 16.9. The highest BCUT2D eigenvalue weighted by atomic mass is 16.3. The molecule has 300 valence electrons. The topological polar surface area (TPSA) is 39.9 Å². The predicted octanol–water partition coefficient (Wildman–Crippen LogP) is 15.8. The van der Waals surface area contributed by atoms with Crippen LogP contribution in [0, 0.1) is 0 Å². The Bertz CT molecular complexity index is 3370. The lowest BCUT2D eigenvalue weighted by atomic mass is 9.66. The van der Waals surface area contributed by atoms with Gasteiger partial charge in [-0.05, 0) is 107 Å². The van der Waals surface area contributed by atoms with Crippen molar-refractivity contribution in [2.24, 2.45) is 0 Å². The van der Waals surface area contributed by atoms with Gasteiger partial charge in [-0.25, -0.2) is 0 Å². The van der Waals surface area contributed by atoms with Gasteiger partial charge in [-0.15, -0.1) is 0 Å². The number of furan rings is 1. The molecule has 1 aliphatic heterocycles. The third-order valence-electron chi connectivity index (χ3n) is 12.9. The lowest BCUT2D eigenvalue weighted by molar-refractivity contribution is 0.103. The summed E-state index contributed by atoms with van der Waals surface area (Å²) in [4.78, 5) is 21.2. The smallest absolute Gasteiger partial charge is 0.193 e. The van der Waals surface area contributed by atoms with Crippen molar-refractivity contribution in [2.45, 2.75) is 19.3 Å². The number of fused-ring (bicyclic) bond motifs is 8. The molecule has 0 radical (unpaired) electrons. The van der Waals surface area contributed by atoms with E-state index in [9.17, 15) is 4.79 Å². The molecule has 5 heteroatoms. The zero-order valence-electron chi connectivity index (χ0n) is 34.9. The lowest BCUT2D eigenvalue weighted by Crippen LogP contribution is -2.31. The van der Waals surface area contributed by atoms with Crippen molar-refractivity contribution in [3.63, 3.8) is 0 Å². The molecule has 9 aromatic carbocycles. The number of carbonyl (C=O) groups excluding carboxylic acids is 1. The molecule has 12 rings (SSSR count). The fraction of sp³-hybridized carbons (Fsp3) is 0.0517. The Morgan fingerprint density at radius 2 is 1.08 bits per heavy atom. The van der Waals surface area contributed by atoms with Crippen LogP contribution >= 0.6 is 0 Å². The number of hydrogen-bond donors (Lipinski definition) is 0. The van der Waals surface area contributed by atoms with Gasteiger partial charge in [-0.1, -0.05) is 141 Å². The van der Waals surface area contributed by atoms with Crippen LogP contribution in [0.5, 0.6) is 0 Å². The molecule has 0 bridgehead atoms. The van der Waals surface area contributed by atoms with Crippen LogP contribution in [0.15, 0.2) is 217 Å². The summed E-state index contributed by atoms with van der Waals surface area (Å²) in [6, 6.07) is 74.2. The van der Waals surface area contributed by atoms with Crippen molar-refractivity contribution in [1.29, 1.82) is 0 Å². The number of para-hydroxylation sites is 4. The van der Waals surface area contributed by atoms with E-state index < -0.39 is 5.41 Å². The largest absolute Gasteiger partial charge is 0.454 e. The minimum absolute atomic E-state index is 0.0703. The molecule has 2 heterocycles. The van der Waals surface area contributed by atoms with E-state index >= 15 is 0 Å². The first-order valence-electron chi connectivity index (χ1n) is 21.5. The van der Waals surface area contributed by atoms with Gasteiger partial charge in [0, 0.05) is 55.8 Å². The van der Waals surface area contributed by atoms with Gasteiger partial charge in [-0.3, -0.25) is 4.79 Å². The molecule has 0 saturated heterocycles. The molecule has 0 fully saturated rings. The van der Waals surface area contributed by atoms with Crippen molar-refractivity contribution in [2.75, 3.05) is 14.7 Å². The lowest BCUT2D eigenvalue weighted by Gasteiger charge is -2.41. The summed E-state index contributed by atoms with van der Waals surface area (Å²) in [6.07, 6.45) is 0. The fourth-order valence-corrected chi connectivity index (χ4v) is 10.1. The summed E-state index contributed by atoms with van der Waals surface area (Å²) in [5, 5.41) is 2.12. The van der Waals surface area contributed by atoms with E-state index in [0.29, 0.717) is 0 Å². The van der Waals surface area contributed by atoms with E-state index in [1.165, 1.54) is 0 Å². The Balaban J connectivity index is 1.12. The van der Waals surface area contributed by atoms with Gasteiger partial charge in [0.15, 0.2) is 11.4 Å². The highest BCUT2D eigenvalue weighted by molar-refractivity contribution is 6.17. The maximum Gasteiger partial charge on any atom is 0.193 e. The van der Waals surface area contributed by atoms with Crippen molar-refractivity contribution < 1.29 is 9.21 Å². The monoisotopic (exact) mass is 811 g/mol. The van der Waals surface area contributed by atoms with E-state index in [1.807, 2.05) is 42.5 Å². The van der Waals surface area contributed by atoms with Crippen LogP contribution in [-0.4, -0.2) is 5.78 Å². The normalized spacial score (nSPS) is 13.7. The third-order valence-corrected chi connectivity index (χ3v) is 12.9. The number of ketones is 1. The van der Waals surface area contributed by atoms with E-state index in [1.54, 1.807) is 0 Å². The molecule has 0 amide bonds. The van der Waals surface area contributed by atoms with Crippen molar-refractivity contribution in [1.82, 2.24) is 0 Å². The average molecular weight is 812 g/mol. The highest BCUT2D eigenvalue weighted by Crippen LogP contribution is 2.59. The molecule has 0 spiro atoms. The number of benzene rings is 9. The maximum absolute atomic E-state index is 14.1. The molecule has 5 nitrogen and oxygen atoms in total. The van der Waals surface area contributed by atoms with Gasteiger partial charge in [-0.2, -0.15) is 0 Å². The van der Waals surface area contributed by atoms with E-state index in [2.05, 4.69) is 198 Å². The summed E-state index contributed by atoms with van der Waals surface area (Å²) in [6.45, 7) is 4.48. The third kappa shape index (κ3) is 5.67. The molecule has 2 aliphatic rings. The van der Waals surface area contributed by atoms with Crippen LogP contribution < -0.4 is 14.7 Å². The first-order chi connectivity index (χ1) is 31.0. The van der Waals surface area contributed by atoms with Gasteiger partial charge in [0.2, 0.25) is 0 Å². The molecular formula is C58H41N3O2.